The summed E-state index contributed by atoms with van der Waals surface area (Å²) in [6.07, 6.45) is -2.10. The molecule has 1 aromatic heterocycles. The van der Waals surface area contributed by atoms with Gasteiger partial charge in [0.25, 0.3) is 6.43 Å². The van der Waals surface area contributed by atoms with Gasteiger partial charge in [0.15, 0.2) is 5.82 Å². The Hall–Kier alpha value is -1.12. The zero-order chi connectivity index (χ0) is 13.4. The molecule has 0 amide bonds. The lowest BCUT2D eigenvalue weighted by Gasteiger charge is -2.08. The number of hydrogen-bond acceptors (Lipinski definition) is 5. The Bertz CT molecular complexity index is 347. The molecule has 0 unspecified atom stereocenters. The van der Waals surface area contributed by atoms with Crippen LogP contribution in [0.5, 0.6) is 0 Å². The molecular formula is C10H17F2N3O3. The molecule has 1 aromatic rings. The van der Waals surface area contributed by atoms with Gasteiger partial charge >= 0.3 is 0 Å². The van der Waals surface area contributed by atoms with Crippen LogP contribution in [0.3, 0.4) is 0 Å². The average molecular weight is 265 g/mol. The zero-order valence-electron chi connectivity index (χ0n) is 10.2. The Balaban J connectivity index is 2.50. The van der Waals surface area contributed by atoms with Crippen molar-refractivity contribution in [2.75, 3.05) is 26.9 Å². The van der Waals surface area contributed by atoms with Gasteiger partial charge in [-0.15, -0.1) is 10.2 Å². The van der Waals surface area contributed by atoms with Crippen LogP contribution >= 0.6 is 0 Å². The van der Waals surface area contributed by atoms with E-state index in [0.717, 1.165) is 0 Å². The van der Waals surface area contributed by atoms with Crippen molar-refractivity contribution in [3.63, 3.8) is 0 Å². The second-order valence-electron chi connectivity index (χ2n) is 3.55. The SMILES string of the molecule is COCCn1c(CO)nnc1CCOCC(F)F. The van der Waals surface area contributed by atoms with Crippen LogP contribution in [-0.4, -0.2) is 53.2 Å². The maximum atomic E-state index is 11.9. The van der Waals surface area contributed by atoms with Crippen molar-refractivity contribution >= 4 is 0 Å². The largest absolute Gasteiger partial charge is 0.388 e. The first kappa shape index (κ1) is 14.9. The normalized spacial score (nSPS) is 11.4. The molecule has 0 aromatic carbocycles. The van der Waals surface area contributed by atoms with Gasteiger partial charge in [0.05, 0.1) is 13.2 Å². The van der Waals surface area contributed by atoms with Gasteiger partial charge in [-0.3, -0.25) is 0 Å². The molecule has 0 spiro atoms. The number of nitrogens with zero attached hydrogens (tertiary/aromatic N) is 3. The summed E-state index contributed by atoms with van der Waals surface area (Å²) in [6, 6.07) is 0. The van der Waals surface area contributed by atoms with E-state index in [1.807, 2.05) is 0 Å². The van der Waals surface area contributed by atoms with Crippen LogP contribution < -0.4 is 0 Å². The summed E-state index contributed by atoms with van der Waals surface area (Å²) >= 11 is 0. The average Bonchev–Trinajstić information content (AvgIpc) is 2.74. The summed E-state index contributed by atoms with van der Waals surface area (Å²) in [6.45, 7) is 0.286. The molecule has 0 saturated heterocycles. The molecule has 0 atom stereocenters. The number of ether oxygens (including phenoxy) is 2. The Morgan fingerprint density at radius 1 is 1.28 bits per heavy atom. The highest BCUT2D eigenvalue weighted by atomic mass is 19.3. The van der Waals surface area contributed by atoms with Crippen molar-refractivity contribution in [3.8, 4) is 0 Å². The third-order valence-electron chi connectivity index (χ3n) is 2.28. The Kier molecular flexibility index (Phi) is 6.69. The third kappa shape index (κ3) is 4.63. The monoisotopic (exact) mass is 265 g/mol. The predicted molar refractivity (Wildman–Crippen MR) is 58.3 cm³/mol. The van der Waals surface area contributed by atoms with Gasteiger partial charge < -0.3 is 19.1 Å². The molecule has 0 bridgehead atoms. The van der Waals surface area contributed by atoms with Gasteiger partial charge in [-0.05, 0) is 0 Å². The lowest BCUT2D eigenvalue weighted by Crippen LogP contribution is -2.14. The molecule has 8 heteroatoms. The maximum absolute atomic E-state index is 11.9. The van der Waals surface area contributed by atoms with Crippen LogP contribution in [0, 0.1) is 0 Å². The minimum Gasteiger partial charge on any atom is -0.388 e. The van der Waals surface area contributed by atoms with Crippen LogP contribution in [-0.2, 0) is 29.0 Å². The first-order valence-electron chi connectivity index (χ1n) is 5.55. The van der Waals surface area contributed by atoms with Gasteiger partial charge in [-0.25, -0.2) is 8.78 Å². The second kappa shape index (κ2) is 8.06. The number of aliphatic hydroxyl groups excluding tert-OH is 1. The Morgan fingerprint density at radius 2 is 2.00 bits per heavy atom. The van der Waals surface area contributed by atoms with Crippen LogP contribution in [0.4, 0.5) is 8.78 Å². The highest BCUT2D eigenvalue weighted by Crippen LogP contribution is 2.04. The van der Waals surface area contributed by atoms with Gasteiger partial charge in [-0.2, -0.15) is 0 Å². The summed E-state index contributed by atoms with van der Waals surface area (Å²) in [4.78, 5) is 0. The summed E-state index contributed by atoms with van der Waals surface area (Å²) in [5.74, 6) is 1.02. The molecule has 0 radical (unpaired) electrons. The first-order valence-corrected chi connectivity index (χ1v) is 5.55. The standard InChI is InChI=1S/C10H17F2N3O3/c1-17-5-3-15-9(13-14-10(15)6-16)2-4-18-7-8(11)12/h8,16H,2-7H2,1H3. The number of rotatable bonds is 9. The van der Waals surface area contributed by atoms with Crippen molar-refractivity contribution < 1.29 is 23.4 Å². The van der Waals surface area contributed by atoms with Crippen molar-refractivity contribution in [2.45, 2.75) is 26.0 Å². The molecule has 0 aliphatic rings. The van der Waals surface area contributed by atoms with E-state index in [1.165, 1.54) is 0 Å². The van der Waals surface area contributed by atoms with Crippen molar-refractivity contribution in [1.82, 2.24) is 14.8 Å². The van der Waals surface area contributed by atoms with Crippen LogP contribution in [0.15, 0.2) is 0 Å². The fraction of sp³-hybridized carbons (Fsp3) is 0.800. The number of halogens is 2. The summed E-state index contributed by atoms with van der Waals surface area (Å²) < 4.78 is 35.1. The minimum atomic E-state index is -2.47. The van der Waals surface area contributed by atoms with Gasteiger partial charge in [0.2, 0.25) is 0 Å². The van der Waals surface area contributed by atoms with Crippen molar-refractivity contribution in [3.05, 3.63) is 11.6 Å². The van der Waals surface area contributed by atoms with Crippen molar-refractivity contribution in [2.24, 2.45) is 0 Å². The molecule has 0 aliphatic carbocycles. The Labute approximate surface area is 104 Å². The summed E-state index contributed by atoms with van der Waals surface area (Å²) in [7, 11) is 1.56. The third-order valence-corrected chi connectivity index (χ3v) is 2.28. The molecule has 1 heterocycles. The fourth-order valence-corrected chi connectivity index (χ4v) is 1.45. The van der Waals surface area contributed by atoms with Gasteiger partial charge in [0, 0.05) is 20.1 Å². The number of hydrogen-bond donors (Lipinski definition) is 1. The zero-order valence-corrected chi connectivity index (χ0v) is 10.2. The van der Waals surface area contributed by atoms with Crippen LogP contribution in [0.1, 0.15) is 11.6 Å². The van der Waals surface area contributed by atoms with E-state index in [4.69, 9.17) is 14.6 Å². The molecule has 104 valence electrons. The molecule has 0 saturated carbocycles. The van der Waals surface area contributed by atoms with E-state index in [-0.39, 0.29) is 13.2 Å². The molecule has 0 fully saturated rings. The number of alkyl halides is 2. The minimum absolute atomic E-state index is 0.140. The van der Waals surface area contributed by atoms with E-state index in [1.54, 1.807) is 11.7 Å². The van der Waals surface area contributed by atoms with E-state index < -0.39 is 13.0 Å². The van der Waals surface area contributed by atoms with Crippen molar-refractivity contribution in [1.29, 1.82) is 0 Å². The highest BCUT2D eigenvalue weighted by Gasteiger charge is 2.11. The fourth-order valence-electron chi connectivity index (χ4n) is 1.45. The quantitative estimate of drug-likeness (QED) is 0.648. The topological polar surface area (TPSA) is 69.4 Å². The van der Waals surface area contributed by atoms with Crippen LogP contribution in [0.25, 0.3) is 0 Å². The molecule has 0 aliphatic heterocycles. The molecular weight excluding hydrogens is 248 g/mol. The summed E-state index contributed by atoms with van der Waals surface area (Å²) in [5, 5.41) is 16.8. The van der Waals surface area contributed by atoms with E-state index in [0.29, 0.717) is 31.2 Å². The molecule has 6 nitrogen and oxygen atoms in total. The maximum Gasteiger partial charge on any atom is 0.261 e. The highest BCUT2D eigenvalue weighted by molar-refractivity contribution is 4.95. The number of aromatic nitrogens is 3. The number of aliphatic hydroxyl groups is 1. The molecule has 18 heavy (non-hydrogen) atoms. The summed E-state index contributed by atoms with van der Waals surface area (Å²) in [5.41, 5.74) is 0. The van der Waals surface area contributed by atoms with Gasteiger partial charge in [-0.1, -0.05) is 0 Å². The first-order chi connectivity index (χ1) is 8.69. The second-order valence-corrected chi connectivity index (χ2v) is 3.55. The molecule has 1 N–H and O–H groups in total. The van der Waals surface area contributed by atoms with Gasteiger partial charge in [0.1, 0.15) is 19.0 Å². The van der Waals surface area contributed by atoms with Crippen LogP contribution in [0.2, 0.25) is 0 Å². The predicted octanol–water partition coefficient (Wildman–Crippen LogP) is 0.241. The molecule has 1 rings (SSSR count). The Morgan fingerprint density at radius 3 is 2.61 bits per heavy atom. The lowest BCUT2D eigenvalue weighted by molar-refractivity contribution is 0.0180. The number of methoxy groups -OCH3 is 1. The van der Waals surface area contributed by atoms with E-state index in [9.17, 15) is 8.78 Å². The van der Waals surface area contributed by atoms with E-state index >= 15 is 0 Å². The van der Waals surface area contributed by atoms with E-state index in [2.05, 4.69) is 10.2 Å². The lowest BCUT2D eigenvalue weighted by atomic mass is 10.4. The smallest absolute Gasteiger partial charge is 0.261 e.